The highest BCUT2D eigenvalue weighted by Crippen LogP contribution is 2.52. The van der Waals surface area contributed by atoms with Crippen molar-refractivity contribution in [3.8, 4) is 0 Å². The van der Waals surface area contributed by atoms with E-state index in [0.29, 0.717) is 19.4 Å². The molecule has 2 fully saturated rings. The number of ether oxygens (including phenoxy) is 7. The van der Waals surface area contributed by atoms with Gasteiger partial charge in [-0.1, -0.05) is 189 Å². The van der Waals surface area contributed by atoms with Crippen molar-refractivity contribution < 1.29 is 65.3 Å². The first kappa shape index (κ1) is 73.7. The fourth-order valence-electron chi connectivity index (χ4n) is 9.96. The number of methoxy groups -OCH3 is 2. The molecule has 0 bridgehead atoms. The summed E-state index contributed by atoms with van der Waals surface area (Å²) in [6.07, 6.45) is 23.6. The molecule has 18 heteroatoms. The summed E-state index contributed by atoms with van der Waals surface area (Å²) in [4.78, 5) is 27.4. The molecule has 0 saturated carbocycles. The minimum atomic E-state index is -4.27. The summed E-state index contributed by atoms with van der Waals surface area (Å²) in [6.45, 7) is 27.4. The molecule has 2 heterocycles. The molecule has 0 aromatic rings. The van der Waals surface area contributed by atoms with Gasteiger partial charge in [-0.15, -0.1) is 13.2 Å². The molecular formula is C61H117N2O14PSi. The van der Waals surface area contributed by atoms with E-state index < -0.39 is 71.3 Å². The summed E-state index contributed by atoms with van der Waals surface area (Å²) in [5.74, 6) is -0.780. The molecule has 0 aromatic heterocycles. The van der Waals surface area contributed by atoms with E-state index in [4.69, 9.17) is 56.9 Å². The van der Waals surface area contributed by atoms with Crippen LogP contribution in [0, 0.1) is 5.92 Å². The second kappa shape index (κ2) is 42.4. The summed E-state index contributed by atoms with van der Waals surface area (Å²) >= 11 is 0. The number of phosphoric acid groups is 1. The normalized spacial score (nSPS) is 24.4. The Balaban J connectivity index is 2.49. The number of ketones is 1. The first-order valence-corrected chi connectivity index (χ1v) is 35.4. The second-order valence-corrected chi connectivity index (χ2v) is 30.1. The first-order chi connectivity index (χ1) is 37.8. The van der Waals surface area contributed by atoms with Crippen LogP contribution in [0.2, 0.25) is 18.1 Å². The Labute approximate surface area is 482 Å². The monoisotopic (exact) mass is 1160 g/mol. The molecule has 0 spiro atoms. The Hall–Kier alpha value is -1.41. The van der Waals surface area contributed by atoms with E-state index >= 15 is 0 Å². The molecule has 16 nitrogen and oxygen atoms in total. The van der Waals surface area contributed by atoms with Crippen molar-refractivity contribution in [1.82, 2.24) is 5.32 Å². The van der Waals surface area contributed by atoms with Gasteiger partial charge in [-0.05, 0) is 43.8 Å². The van der Waals surface area contributed by atoms with Gasteiger partial charge < -0.3 is 48.6 Å². The van der Waals surface area contributed by atoms with E-state index in [1.54, 1.807) is 7.11 Å². The average molecular weight is 1160 g/mol. The third-order valence-electron chi connectivity index (χ3n) is 15.9. The van der Waals surface area contributed by atoms with Crippen molar-refractivity contribution in [3.05, 3.63) is 25.3 Å². The first-order valence-electron chi connectivity index (χ1n) is 31.1. The van der Waals surface area contributed by atoms with E-state index in [-0.39, 0.29) is 68.2 Å². The number of hydrogen-bond donors (Lipinski definition) is 2. The topological polar surface area (TPSA) is 191 Å². The van der Waals surface area contributed by atoms with Gasteiger partial charge in [0.15, 0.2) is 20.9 Å². The Bertz CT molecular complexity index is 1640. The zero-order valence-electron chi connectivity index (χ0n) is 51.8. The summed E-state index contributed by atoms with van der Waals surface area (Å²) in [5, 5.41) is 3.02. The summed E-state index contributed by atoms with van der Waals surface area (Å²) in [7, 11) is -3.59. The van der Waals surface area contributed by atoms with E-state index in [0.717, 1.165) is 57.8 Å². The fraction of sp³-hybridized carbons (Fsp3) is 0.902. The van der Waals surface area contributed by atoms with Crippen LogP contribution in [0.1, 0.15) is 215 Å². The Morgan fingerprint density at radius 2 is 1.19 bits per heavy atom. The fourth-order valence-corrected chi connectivity index (χ4v) is 12.4. The number of amides is 1. The lowest BCUT2D eigenvalue weighted by atomic mass is 9.88. The zero-order valence-corrected chi connectivity index (χ0v) is 53.7. The molecule has 2 saturated heterocycles. The molecule has 0 aromatic carbocycles. The van der Waals surface area contributed by atoms with Crippen LogP contribution in [0.4, 0.5) is 0 Å². The number of hydrogen-bond acceptors (Lipinski definition) is 15. The number of carbonyl (C=O) groups is 2. The van der Waals surface area contributed by atoms with Crippen LogP contribution >= 0.6 is 7.82 Å². The maximum absolute atomic E-state index is 14.2. The molecule has 0 radical (unpaired) electrons. The van der Waals surface area contributed by atoms with E-state index in [9.17, 15) is 14.2 Å². The molecule has 0 aliphatic carbocycles. The van der Waals surface area contributed by atoms with Crippen LogP contribution in [0.5, 0.6) is 0 Å². The zero-order chi connectivity index (χ0) is 58.5. The predicted octanol–water partition coefficient (Wildman–Crippen LogP) is 14.0. The van der Waals surface area contributed by atoms with Gasteiger partial charge >= 0.3 is 7.82 Å². The lowest BCUT2D eigenvalue weighted by Crippen LogP contribution is -2.66. The van der Waals surface area contributed by atoms with Gasteiger partial charge in [-0.3, -0.25) is 23.2 Å². The van der Waals surface area contributed by atoms with E-state index in [1.807, 2.05) is 6.92 Å². The number of rotatable bonds is 49. The van der Waals surface area contributed by atoms with Crippen LogP contribution in [0.15, 0.2) is 25.3 Å². The van der Waals surface area contributed by atoms with Gasteiger partial charge in [0.1, 0.15) is 30.1 Å². The lowest BCUT2D eigenvalue weighted by molar-refractivity contribution is -0.292. The highest BCUT2D eigenvalue weighted by molar-refractivity contribution is 7.48. The maximum Gasteiger partial charge on any atom is 0.475 e. The summed E-state index contributed by atoms with van der Waals surface area (Å²) in [6, 6.07) is -1.69. The van der Waals surface area contributed by atoms with E-state index in [2.05, 4.69) is 73.1 Å². The Morgan fingerprint density at radius 3 is 1.72 bits per heavy atom. The highest BCUT2D eigenvalue weighted by Gasteiger charge is 2.53. The minimum Gasteiger partial charge on any atom is -0.391 e. The molecule has 1 amide bonds. The standard InChI is InChI=1S/C61H117N2O14PSi/c1-14-19-22-25-27-29-30-33-35-38-49(64)45-53(65)63-55-56(69-43-37-34-31-28-26-23-20-15-2)48(6)51(74-60(55)77-79(12,13)61(7,8)9)47-71-59-54(62)58(70-44-40-50(68-11)39-36-32-24-21-16-3)57(52(75-59)46-67-10)76-78(66,72-41-17-4)73-42-18-5/h17-18,48,50-52,54-60H,4-5,14-16,19-47,62H2,1-3,6-13H3,(H,63,65)/t48-,50-,51-,52-,54-,55-,56+,57-,58-,59-,60+/m1/s1. The van der Waals surface area contributed by atoms with Crippen molar-refractivity contribution in [1.29, 1.82) is 0 Å². The third-order valence-corrected chi connectivity index (χ3v) is 21.8. The SMILES string of the molecule is C=CCOP(=O)(OCC=C)O[C@H]1[C@H](OCC[C@@H](CCCCCCC)OC)[C@@H](N)[C@H](OC[C@H]2O[C@@H](O[Si](C)(C)C(C)(C)C)[C@H](NC(=O)CC(=O)CCCCCCCCCCC)[C@@H](OCCCCCCCCCC)[C@@H]2C)O[C@@H]1COC. The minimum absolute atomic E-state index is 0.00246. The molecule has 3 N–H and O–H groups in total. The van der Waals surface area contributed by atoms with Gasteiger partial charge in [0.25, 0.3) is 0 Å². The average Bonchev–Trinajstić information content (AvgIpc) is 3.47. The second-order valence-electron chi connectivity index (χ2n) is 23.8. The number of nitrogens with two attached hydrogens (primary N) is 1. The van der Waals surface area contributed by atoms with Gasteiger partial charge in [0.2, 0.25) is 5.91 Å². The Morgan fingerprint density at radius 1 is 0.671 bits per heavy atom. The molecule has 2 aliphatic heterocycles. The molecule has 79 heavy (non-hydrogen) atoms. The quantitative estimate of drug-likeness (QED) is 0.0192. The molecule has 2 rings (SSSR count). The van der Waals surface area contributed by atoms with Crippen LogP contribution in [0.25, 0.3) is 0 Å². The van der Waals surface area contributed by atoms with Crippen LogP contribution < -0.4 is 11.1 Å². The smallest absolute Gasteiger partial charge is 0.391 e. The third kappa shape index (κ3) is 29.3. The van der Waals surface area contributed by atoms with Crippen molar-refractivity contribution in [3.63, 3.8) is 0 Å². The molecule has 464 valence electrons. The molecular weight excluding hydrogens is 1040 g/mol. The highest BCUT2D eigenvalue weighted by atomic mass is 31.2. The molecule has 11 atom stereocenters. The number of unbranched alkanes of at least 4 members (excludes halogenated alkanes) is 19. The number of nitrogens with one attached hydrogen (secondary N) is 1. The van der Waals surface area contributed by atoms with Gasteiger partial charge in [-0.2, -0.15) is 0 Å². The van der Waals surface area contributed by atoms with Gasteiger partial charge in [-0.25, -0.2) is 4.57 Å². The number of Topliss-reactive ketones (excluding diaryl/α,β-unsaturated/α-hetero) is 1. The molecule has 2 aliphatic rings. The Kier molecular flexibility index (Phi) is 39.5. The van der Waals surface area contributed by atoms with Crippen molar-refractivity contribution >= 4 is 27.8 Å². The summed E-state index contributed by atoms with van der Waals surface area (Å²) in [5.41, 5.74) is 7.14. The summed E-state index contributed by atoms with van der Waals surface area (Å²) < 4.78 is 84.3. The largest absolute Gasteiger partial charge is 0.475 e. The molecule has 0 unspecified atom stereocenters. The van der Waals surface area contributed by atoms with Gasteiger partial charge in [0, 0.05) is 39.8 Å². The maximum atomic E-state index is 14.2. The van der Waals surface area contributed by atoms with Crippen molar-refractivity contribution in [2.24, 2.45) is 11.7 Å². The number of carbonyl (C=O) groups excluding carboxylic acids is 2. The lowest BCUT2D eigenvalue weighted by Gasteiger charge is -2.50. The van der Waals surface area contributed by atoms with Gasteiger partial charge in [0.05, 0.1) is 57.2 Å². The predicted molar refractivity (Wildman–Crippen MR) is 320 cm³/mol. The van der Waals surface area contributed by atoms with Crippen LogP contribution in [0.3, 0.4) is 0 Å². The number of phosphoric ester groups is 1. The van der Waals surface area contributed by atoms with Crippen LogP contribution in [-0.2, 0) is 65.3 Å². The van der Waals surface area contributed by atoms with Crippen LogP contribution in [-0.4, -0.2) is 135 Å². The van der Waals surface area contributed by atoms with Crippen molar-refractivity contribution in [2.75, 3.05) is 53.9 Å². The van der Waals surface area contributed by atoms with Crippen molar-refractivity contribution in [2.45, 2.75) is 295 Å². The van der Waals surface area contributed by atoms with E-state index in [1.165, 1.54) is 109 Å².